The molecule has 0 bridgehead atoms. The minimum Gasteiger partial charge on any atom is -0.457 e. The monoisotopic (exact) mass is 259 g/mol. The van der Waals surface area contributed by atoms with E-state index >= 15 is 0 Å². The van der Waals surface area contributed by atoms with E-state index in [1.165, 1.54) is 0 Å². The van der Waals surface area contributed by atoms with Crippen LogP contribution in [-0.2, 0) is 0 Å². The molecule has 0 aliphatic heterocycles. The van der Waals surface area contributed by atoms with Gasteiger partial charge in [0.1, 0.15) is 11.5 Å². The first-order valence-corrected chi connectivity index (χ1v) is 6.08. The maximum absolute atomic E-state index is 9.94. The molecular weight excluding hydrogens is 242 g/mol. The van der Waals surface area contributed by atoms with Crippen molar-refractivity contribution in [2.75, 3.05) is 6.61 Å². The number of aliphatic hydroxyl groups excluding tert-OH is 2. The van der Waals surface area contributed by atoms with Crippen LogP contribution < -0.4 is 10.5 Å². The molecule has 4 nitrogen and oxygen atoms in total. The van der Waals surface area contributed by atoms with Crippen molar-refractivity contribution < 1.29 is 14.9 Å². The van der Waals surface area contributed by atoms with Gasteiger partial charge in [-0.05, 0) is 29.8 Å². The molecular formula is C15H17NO3. The van der Waals surface area contributed by atoms with Crippen molar-refractivity contribution in [1.29, 1.82) is 0 Å². The third kappa shape index (κ3) is 3.54. The summed E-state index contributed by atoms with van der Waals surface area (Å²) in [6.07, 6.45) is -0.913. The zero-order valence-electron chi connectivity index (χ0n) is 10.4. The predicted octanol–water partition coefficient (Wildman–Crippen LogP) is 1.83. The standard InChI is InChI=1S/C15H17NO3/c16-14(10-17)15(18)11-5-4-8-13(9-11)19-12-6-2-1-3-7-12/h1-9,14-15,17-18H,10,16H2. The molecule has 0 saturated heterocycles. The van der Waals surface area contributed by atoms with Gasteiger partial charge in [-0.25, -0.2) is 0 Å². The average molecular weight is 259 g/mol. The molecule has 100 valence electrons. The summed E-state index contributed by atoms with van der Waals surface area (Å²) in [7, 11) is 0. The lowest BCUT2D eigenvalue weighted by Crippen LogP contribution is -2.31. The maximum Gasteiger partial charge on any atom is 0.127 e. The molecule has 2 unspecified atom stereocenters. The zero-order chi connectivity index (χ0) is 13.7. The second kappa shape index (κ2) is 6.33. The fourth-order valence-corrected chi connectivity index (χ4v) is 1.73. The minimum absolute atomic E-state index is 0.273. The Morgan fingerprint density at radius 3 is 2.37 bits per heavy atom. The molecule has 2 aromatic rings. The summed E-state index contributed by atoms with van der Waals surface area (Å²) >= 11 is 0. The first kappa shape index (κ1) is 13.5. The van der Waals surface area contributed by atoms with Gasteiger partial charge in [-0.1, -0.05) is 30.3 Å². The first-order valence-electron chi connectivity index (χ1n) is 6.08. The molecule has 0 aliphatic carbocycles. The lowest BCUT2D eigenvalue weighted by molar-refractivity contribution is 0.109. The van der Waals surface area contributed by atoms with Gasteiger partial charge in [-0.15, -0.1) is 0 Å². The van der Waals surface area contributed by atoms with Gasteiger partial charge in [0.2, 0.25) is 0 Å². The summed E-state index contributed by atoms with van der Waals surface area (Å²) < 4.78 is 5.67. The lowest BCUT2D eigenvalue weighted by Gasteiger charge is -2.17. The number of aliphatic hydroxyl groups is 2. The highest BCUT2D eigenvalue weighted by atomic mass is 16.5. The molecule has 0 aliphatic rings. The van der Waals surface area contributed by atoms with Crippen molar-refractivity contribution in [3.8, 4) is 11.5 Å². The number of nitrogens with two attached hydrogens (primary N) is 1. The molecule has 0 aromatic heterocycles. The van der Waals surface area contributed by atoms with Gasteiger partial charge in [-0.2, -0.15) is 0 Å². The second-order valence-electron chi connectivity index (χ2n) is 4.28. The van der Waals surface area contributed by atoms with Crippen LogP contribution in [0, 0.1) is 0 Å². The number of rotatable bonds is 5. The summed E-state index contributed by atoms with van der Waals surface area (Å²) in [4.78, 5) is 0. The Morgan fingerprint density at radius 2 is 1.68 bits per heavy atom. The van der Waals surface area contributed by atoms with Crippen molar-refractivity contribution in [3.63, 3.8) is 0 Å². The second-order valence-corrected chi connectivity index (χ2v) is 4.28. The van der Waals surface area contributed by atoms with E-state index in [-0.39, 0.29) is 6.61 Å². The number of benzene rings is 2. The Morgan fingerprint density at radius 1 is 1.00 bits per heavy atom. The van der Waals surface area contributed by atoms with E-state index in [1.807, 2.05) is 30.3 Å². The van der Waals surface area contributed by atoms with E-state index in [2.05, 4.69) is 0 Å². The molecule has 2 rings (SSSR count). The van der Waals surface area contributed by atoms with Gasteiger partial charge in [0, 0.05) is 0 Å². The van der Waals surface area contributed by atoms with E-state index in [9.17, 15) is 5.11 Å². The topological polar surface area (TPSA) is 75.7 Å². The summed E-state index contributed by atoms with van der Waals surface area (Å²) in [6, 6.07) is 15.7. The van der Waals surface area contributed by atoms with E-state index in [0.29, 0.717) is 11.3 Å². The van der Waals surface area contributed by atoms with Gasteiger partial charge in [0.05, 0.1) is 18.8 Å². The van der Waals surface area contributed by atoms with Crippen LogP contribution in [0.25, 0.3) is 0 Å². The van der Waals surface area contributed by atoms with Crippen molar-refractivity contribution in [2.24, 2.45) is 5.73 Å². The quantitative estimate of drug-likeness (QED) is 0.765. The zero-order valence-corrected chi connectivity index (χ0v) is 10.4. The molecule has 0 heterocycles. The van der Waals surface area contributed by atoms with E-state index in [4.69, 9.17) is 15.6 Å². The maximum atomic E-state index is 9.94. The lowest BCUT2D eigenvalue weighted by atomic mass is 10.0. The van der Waals surface area contributed by atoms with Crippen LogP contribution in [0.4, 0.5) is 0 Å². The highest BCUT2D eigenvalue weighted by molar-refractivity contribution is 5.35. The molecule has 0 spiro atoms. The Labute approximate surface area is 112 Å². The SMILES string of the molecule is NC(CO)C(O)c1cccc(Oc2ccccc2)c1. The van der Waals surface area contributed by atoms with Crippen LogP contribution in [-0.4, -0.2) is 22.9 Å². The summed E-state index contributed by atoms with van der Waals surface area (Å²) in [5.74, 6) is 1.34. The van der Waals surface area contributed by atoms with E-state index in [0.717, 1.165) is 5.75 Å². The van der Waals surface area contributed by atoms with Crippen molar-refractivity contribution in [3.05, 3.63) is 60.2 Å². The van der Waals surface area contributed by atoms with Gasteiger partial charge in [-0.3, -0.25) is 0 Å². The molecule has 4 heteroatoms. The van der Waals surface area contributed by atoms with Crippen molar-refractivity contribution >= 4 is 0 Å². The van der Waals surface area contributed by atoms with Crippen LogP contribution in [0.3, 0.4) is 0 Å². The van der Waals surface area contributed by atoms with Gasteiger partial charge >= 0.3 is 0 Å². The van der Waals surface area contributed by atoms with Crippen LogP contribution >= 0.6 is 0 Å². The summed E-state index contributed by atoms with van der Waals surface area (Å²) in [5.41, 5.74) is 6.23. The largest absolute Gasteiger partial charge is 0.457 e. The predicted molar refractivity (Wildman–Crippen MR) is 73.0 cm³/mol. The molecule has 0 radical (unpaired) electrons. The first-order chi connectivity index (χ1) is 9.20. The van der Waals surface area contributed by atoms with Crippen molar-refractivity contribution in [1.82, 2.24) is 0 Å². The summed E-state index contributed by atoms with van der Waals surface area (Å²) in [5, 5.41) is 18.9. The van der Waals surface area contributed by atoms with E-state index < -0.39 is 12.1 Å². The summed E-state index contributed by atoms with van der Waals surface area (Å²) in [6.45, 7) is -0.273. The van der Waals surface area contributed by atoms with Crippen LogP contribution in [0.2, 0.25) is 0 Å². The average Bonchev–Trinajstić information content (AvgIpc) is 2.47. The Bertz CT molecular complexity index is 516. The number of para-hydroxylation sites is 1. The molecule has 2 aromatic carbocycles. The minimum atomic E-state index is -0.913. The molecule has 4 N–H and O–H groups in total. The fraction of sp³-hybridized carbons (Fsp3) is 0.200. The molecule has 0 amide bonds. The van der Waals surface area contributed by atoms with Crippen LogP contribution in [0.15, 0.2) is 54.6 Å². The third-order valence-electron chi connectivity index (χ3n) is 2.79. The molecule has 0 fully saturated rings. The fourth-order valence-electron chi connectivity index (χ4n) is 1.73. The number of hydrogen-bond acceptors (Lipinski definition) is 4. The number of hydrogen-bond donors (Lipinski definition) is 3. The molecule has 0 saturated carbocycles. The van der Waals surface area contributed by atoms with Crippen LogP contribution in [0.1, 0.15) is 11.7 Å². The normalized spacial score (nSPS) is 13.8. The molecule has 19 heavy (non-hydrogen) atoms. The third-order valence-corrected chi connectivity index (χ3v) is 2.79. The van der Waals surface area contributed by atoms with Gasteiger partial charge in [0.15, 0.2) is 0 Å². The molecule has 2 atom stereocenters. The Hall–Kier alpha value is -1.88. The van der Waals surface area contributed by atoms with Gasteiger partial charge in [0.25, 0.3) is 0 Å². The van der Waals surface area contributed by atoms with Crippen molar-refractivity contribution in [2.45, 2.75) is 12.1 Å². The Balaban J connectivity index is 2.15. The Kier molecular flexibility index (Phi) is 4.52. The highest BCUT2D eigenvalue weighted by Crippen LogP contribution is 2.25. The van der Waals surface area contributed by atoms with E-state index in [1.54, 1.807) is 24.3 Å². The van der Waals surface area contributed by atoms with Crippen LogP contribution in [0.5, 0.6) is 11.5 Å². The number of ether oxygens (including phenoxy) is 1. The smallest absolute Gasteiger partial charge is 0.127 e. The van der Waals surface area contributed by atoms with Gasteiger partial charge < -0.3 is 20.7 Å². The highest BCUT2D eigenvalue weighted by Gasteiger charge is 2.16.